The molecule has 104 valence electrons. The number of rotatable bonds is 9. The first kappa shape index (κ1) is 15.6. The zero-order valence-corrected chi connectivity index (χ0v) is 12.4. The van der Waals surface area contributed by atoms with Gasteiger partial charge in [0, 0.05) is 31.6 Å². The second kappa shape index (κ2) is 7.85. The normalized spacial score (nSPS) is 11.9. The zero-order chi connectivity index (χ0) is 13.4. The summed E-state index contributed by atoms with van der Waals surface area (Å²) in [5.41, 5.74) is 0. The molecule has 0 aliphatic rings. The van der Waals surface area contributed by atoms with Crippen LogP contribution in [0.15, 0.2) is 16.3 Å². The molecule has 5 nitrogen and oxygen atoms in total. The van der Waals surface area contributed by atoms with E-state index in [2.05, 4.69) is 10.0 Å². The van der Waals surface area contributed by atoms with Crippen molar-refractivity contribution < 1.29 is 13.2 Å². The van der Waals surface area contributed by atoms with Crippen LogP contribution in [0.4, 0.5) is 0 Å². The average molecular weight is 292 g/mol. The van der Waals surface area contributed by atoms with Crippen LogP contribution in [0.2, 0.25) is 0 Å². The highest BCUT2D eigenvalue weighted by Crippen LogP contribution is 2.21. The second-order valence-electron chi connectivity index (χ2n) is 3.71. The lowest BCUT2D eigenvalue weighted by Gasteiger charge is -2.06. The maximum absolute atomic E-state index is 11.9. The van der Waals surface area contributed by atoms with Crippen molar-refractivity contribution in [2.45, 2.75) is 17.6 Å². The average Bonchev–Trinajstić information content (AvgIpc) is 2.83. The van der Waals surface area contributed by atoms with Crippen LogP contribution in [0.3, 0.4) is 0 Å². The molecule has 2 N–H and O–H groups in total. The topological polar surface area (TPSA) is 67.4 Å². The van der Waals surface area contributed by atoms with Crippen LogP contribution in [0, 0.1) is 0 Å². The Hall–Kier alpha value is -0.470. The Morgan fingerprint density at radius 2 is 2.06 bits per heavy atom. The summed E-state index contributed by atoms with van der Waals surface area (Å²) in [4.78, 5) is 1.08. The number of thiophene rings is 1. The van der Waals surface area contributed by atoms with Gasteiger partial charge in [0.25, 0.3) is 0 Å². The Labute approximate surface area is 113 Å². The van der Waals surface area contributed by atoms with Crippen molar-refractivity contribution in [1.29, 1.82) is 0 Å². The summed E-state index contributed by atoms with van der Waals surface area (Å²) in [7, 11) is -1.71. The van der Waals surface area contributed by atoms with Gasteiger partial charge < -0.3 is 10.1 Å². The quantitative estimate of drug-likeness (QED) is 0.662. The van der Waals surface area contributed by atoms with Crippen LogP contribution in [0.5, 0.6) is 0 Å². The minimum absolute atomic E-state index is 0.380. The van der Waals surface area contributed by atoms with Crippen molar-refractivity contribution in [3.63, 3.8) is 0 Å². The van der Waals surface area contributed by atoms with Gasteiger partial charge >= 0.3 is 0 Å². The van der Waals surface area contributed by atoms with Gasteiger partial charge in [0.1, 0.15) is 4.21 Å². The van der Waals surface area contributed by atoms with Crippen molar-refractivity contribution in [2.24, 2.45) is 0 Å². The number of aryl methyl sites for hydroxylation is 1. The summed E-state index contributed by atoms with van der Waals surface area (Å²) in [6.45, 7) is 4.32. The smallest absolute Gasteiger partial charge is 0.250 e. The molecular weight excluding hydrogens is 272 g/mol. The van der Waals surface area contributed by atoms with Crippen LogP contribution < -0.4 is 10.0 Å². The molecule has 0 unspecified atom stereocenters. The molecule has 1 rings (SSSR count). The highest BCUT2D eigenvalue weighted by Gasteiger charge is 2.15. The third kappa shape index (κ3) is 5.03. The Kier molecular flexibility index (Phi) is 6.80. The number of nitrogens with one attached hydrogen (secondary N) is 2. The van der Waals surface area contributed by atoms with E-state index in [4.69, 9.17) is 4.74 Å². The molecule has 7 heteroatoms. The standard InChI is InChI=1S/C11H20N2O3S2/c1-3-10-4-5-11(17-10)18(14,15)13-7-6-12-8-9-16-2/h4-5,12-13H,3,6-9H2,1-2H3. The molecule has 0 saturated carbocycles. The Balaban J connectivity index is 2.36. The van der Waals surface area contributed by atoms with Gasteiger partial charge in [-0.1, -0.05) is 6.92 Å². The number of sulfonamides is 1. The van der Waals surface area contributed by atoms with Crippen LogP contribution in [-0.4, -0.2) is 41.8 Å². The summed E-state index contributed by atoms with van der Waals surface area (Å²) >= 11 is 1.32. The summed E-state index contributed by atoms with van der Waals surface area (Å²) in [5.74, 6) is 0. The molecule has 18 heavy (non-hydrogen) atoms. The molecule has 0 atom stereocenters. The maximum atomic E-state index is 11.9. The van der Waals surface area contributed by atoms with E-state index in [1.165, 1.54) is 11.3 Å². The minimum Gasteiger partial charge on any atom is -0.383 e. The molecular formula is C11H20N2O3S2. The SMILES string of the molecule is CCc1ccc(S(=O)(=O)NCCNCCOC)s1. The molecule has 0 aliphatic heterocycles. The molecule has 1 aromatic heterocycles. The van der Waals surface area contributed by atoms with Gasteiger partial charge in [-0.15, -0.1) is 11.3 Å². The fourth-order valence-corrected chi connectivity index (χ4v) is 3.71. The number of hydrogen-bond acceptors (Lipinski definition) is 5. The molecule has 0 saturated heterocycles. The molecule has 1 heterocycles. The van der Waals surface area contributed by atoms with E-state index in [9.17, 15) is 8.42 Å². The minimum atomic E-state index is -3.35. The highest BCUT2D eigenvalue weighted by atomic mass is 32.2. The Morgan fingerprint density at radius 3 is 2.67 bits per heavy atom. The van der Waals surface area contributed by atoms with Gasteiger partial charge in [0.15, 0.2) is 0 Å². The summed E-state index contributed by atoms with van der Waals surface area (Å²) in [6, 6.07) is 3.51. The fourth-order valence-electron chi connectivity index (χ4n) is 1.34. The monoisotopic (exact) mass is 292 g/mol. The largest absolute Gasteiger partial charge is 0.383 e. The van der Waals surface area contributed by atoms with Gasteiger partial charge in [-0.05, 0) is 18.6 Å². The van der Waals surface area contributed by atoms with Crippen molar-refractivity contribution in [1.82, 2.24) is 10.0 Å². The van der Waals surface area contributed by atoms with Gasteiger partial charge in [-0.3, -0.25) is 0 Å². The summed E-state index contributed by atoms with van der Waals surface area (Å²) in [6.07, 6.45) is 0.860. The third-order valence-electron chi connectivity index (χ3n) is 2.33. The van der Waals surface area contributed by atoms with Crippen LogP contribution in [0.25, 0.3) is 0 Å². The van der Waals surface area contributed by atoms with E-state index in [1.54, 1.807) is 13.2 Å². The lowest BCUT2D eigenvalue weighted by molar-refractivity contribution is 0.199. The number of ether oxygens (including phenoxy) is 1. The van der Waals surface area contributed by atoms with Crippen molar-refractivity contribution >= 4 is 21.4 Å². The molecule has 0 spiro atoms. The predicted molar refractivity (Wildman–Crippen MR) is 73.6 cm³/mol. The zero-order valence-electron chi connectivity index (χ0n) is 10.7. The second-order valence-corrected chi connectivity index (χ2v) is 6.88. The van der Waals surface area contributed by atoms with Crippen LogP contribution >= 0.6 is 11.3 Å². The maximum Gasteiger partial charge on any atom is 0.250 e. The first-order chi connectivity index (χ1) is 8.60. The van der Waals surface area contributed by atoms with Crippen molar-refractivity contribution in [3.05, 3.63) is 17.0 Å². The Morgan fingerprint density at radius 1 is 1.28 bits per heavy atom. The molecule has 1 aromatic rings. The van der Waals surface area contributed by atoms with Crippen molar-refractivity contribution in [3.8, 4) is 0 Å². The van der Waals surface area contributed by atoms with E-state index in [0.29, 0.717) is 23.9 Å². The Bertz CT molecular complexity index is 443. The first-order valence-corrected chi connectivity index (χ1v) is 8.18. The van der Waals surface area contributed by atoms with E-state index in [1.807, 2.05) is 13.0 Å². The molecule has 0 bridgehead atoms. The molecule has 0 radical (unpaired) electrons. The van der Waals surface area contributed by atoms with Crippen molar-refractivity contribution in [2.75, 3.05) is 33.4 Å². The van der Waals surface area contributed by atoms with Crippen LogP contribution in [-0.2, 0) is 21.2 Å². The predicted octanol–water partition coefficient (Wildman–Crippen LogP) is 0.825. The van der Waals surface area contributed by atoms with Gasteiger partial charge in [0.05, 0.1) is 6.61 Å². The number of methoxy groups -OCH3 is 1. The molecule has 0 aliphatic carbocycles. The summed E-state index contributed by atoms with van der Waals surface area (Å²) in [5, 5.41) is 3.08. The third-order valence-corrected chi connectivity index (χ3v) is 5.51. The lowest BCUT2D eigenvalue weighted by Crippen LogP contribution is -2.32. The van der Waals surface area contributed by atoms with E-state index < -0.39 is 10.0 Å². The van der Waals surface area contributed by atoms with Gasteiger partial charge in [0.2, 0.25) is 10.0 Å². The van der Waals surface area contributed by atoms with E-state index >= 15 is 0 Å². The first-order valence-electron chi connectivity index (χ1n) is 5.88. The van der Waals surface area contributed by atoms with Gasteiger partial charge in [-0.25, -0.2) is 13.1 Å². The highest BCUT2D eigenvalue weighted by molar-refractivity contribution is 7.91. The summed E-state index contributed by atoms with van der Waals surface area (Å²) < 4.78 is 31.6. The lowest BCUT2D eigenvalue weighted by atomic mass is 10.4. The molecule has 0 amide bonds. The van der Waals surface area contributed by atoms with E-state index in [0.717, 1.165) is 17.8 Å². The molecule has 0 fully saturated rings. The van der Waals surface area contributed by atoms with E-state index in [-0.39, 0.29) is 0 Å². The molecule has 0 aromatic carbocycles. The van der Waals surface area contributed by atoms with Gasteiger partial charge in [-0.2, -0.15) is 0 Å². The van der Waals surface area contributed by atoms with Crippen LogP contribution in [0.1, 0.15) is 11.8 Å². The number of hydrogen-bond donors (Lipinski definition) is 2. The fraction of sp³-hybridized carbons (Fsp3) is 0.636.